The van der Waals surface area contributed by atoms with Crippen molar-refractivity contribution < 1.29 is 4.74 Å². The monoisotopic (exact) mass is 201 g/mol. The molecular formula is C10H23N3O. The third kappa shape index (κ3) is 2.92. The number of ether oxygens (including phenoxy) is 1. The molecule has 0 bridgehead atoms. The fraction of sp³-hybridized carbons (Fsp3) is 1.00. The molecule has 0 saturated carbocycles. The molecule has 0 aromatic rings. The van der Waals surface area contributed by atoms with Gasteiger partial charge in [-0.25, -0.2) is 5.43 Å². The van der Waals surface area contributed by atoms with Gasteiger partial charge in [0, 0.05) is 26.2 Å². The molecule has 1 aliphatic heterocycles. The van der Waals surface area contributed by atoms with Crippen LogP contribution in [0.4, 0.5) is 0 Å². The lowest BCUT2D eigenvalue weighted by Crippen LogP contribution is -2.61. The van der Waals surface area contributed by atoms with Gasteiger partial charge in [0.25, 0.3) is 0 Å². The van der Waals surface area contributed by atoms with Gasteiger partial charge in [-0.2, -0.15) is 0 Å². The van der Waals surface area contributed by atoms with Gasteiger partial charge >= 0.3 is 0 Å². The summed E-state index contributed by atoms with van der Waals surface area (Å²) in [5.74, 6) is 0. The Kier molecular flexibility index (Phi) is 3.89. The number of nitrogens with one attached hydrogen (secondary N) is 1. The first kappa shape index (κ1) is 11.9. The maximum absolute atomic E-state index is 5.87. The number of hydrogen-bond donors (Lipinski definition) is 2. The van der Waals surface area contributed by atoms with Gasteiger partial charge in [0.1, 0.15) is 0 Å². The summed E-state index contributed by atoms with van der Waals surface area (Å²) in [6, 6.07) is 0. The topological polar surface area (TPSA) is 50.5 Å². The highest BCUT2D eigenvalue weighted by atomic mass is 16.5. The average Bonchev–Trinajstić information content (AvgIpc) is 2.00. The van der Waals surface area contributed by atoms with E-state index in [0.717, 1.165) is 12.8 Å². The SMILES string of the molecule is CC1CC(CN)(NN(C)C)CC(C)O1. The molecule has 0 spiro atoms. The van der Waals surface area contributed by atoms with E-state index in [0.29, 0.717) is 6.54 Å². The Hall–Kier alpha value is -0.160. The lowest BCUT2D eigenvalue weighted by molar-refractivity contribution is -0.0799. The summed E-state index contributed by atoms with van der Waals surface area (Å²) < 4.78 is 5.71. The second-order valence-electron chi connectivity index (χ2n) is 4.66. The first-order chi connectivity index (χ1) is 6.47. The summed E-state index contributed by atoms with van der Waals surface area (Å²) in [7, 11) is 4.00. The lowest BCUT2D eigenvalue weighted by atomic mass is 9.85. The predicted molar refractivity (Wildman–Crippen MR) is 57.9 cm³/mol. The second kappa shape index (κ2) is 4.57. The maximum atomic E-state index is 5.87. The standard InChI is InChI=1S/C10H23N3O/c1-8-5-10(7-11,12-13(3)4)6-9(2)14-8/h8-9,12H,5-7,11H2,1-4H3. The van der Waals surface area contributed by atoms with Crippen molar-refractivity contribution >= 4 is 0 Å². The minimum absolute atomic E-state index is 0.0145. The highest BCUT2D eigenvalue weighted by molar-refractivity contribution is 4.94. The van der Waals surface area contributed by atoms with Crippen LogP contribution in [-0.4, -0.2) is 43.4 Å². The molecule has 0 aromatic carbocycles. The van der Waals surface area contributed by atoms with Gasteiger partial charge in [0.2, 0.25) is 0 Å². The van der Waals surface area contributed by atoms with Crippen LogP contribution in [0.1, 0.15) is 26.7 Å². The second-order valence-corrected chi connectivity index (χ2v) is 4.66. The van der Waals surface area contributed by atoms with Crippen LogP contribution in [0.15, 0.2) is 0 Å². The fourth-order valence-corrected chi connectivity index (χ4v) is 2.45. The van der Waals surface area contributed by atoms with E-state index in [4.69, 9.17) is 10.5 Å². The van der Waals surface area contributed by atoms with Crippen LogP contribution < -0.4 is 11.2 Å². The zero-order chi connectivity index (χ0) is 10.8. The van der Waals surface area contributed by atoms with Crippen LogP contribution in [0.2, 0.25) is 0 Å². The molecule has 1 heterocycles. The third-order valence-electron chi connectivity index (χ3n) is 2.67. The van der Waals surface area contributed by atoms with Gasteiger partial charge < -0.3 is 10.5 Å². The summed E-state index contributed by atoms with van der Waals surface area (Å²) in [5, 5.41) is 1.98. The van der Waals surface area contributed by atoms with Crippen LogP contribution in [0, 0.1) is 0 Å². The van der Waals surface area contributed by atoms with Crippen molar-refractivity contribution in [2.24, 2.45) is 5.73 Å². The van der Waals surface area contributed by atoms with Crippen LogP contribution in [-0.2, 0) is 4.74 Å². The van der Waals surface area contributed by atoms with E-state index in [1.165, 1.54) is 0 Å². The Morgan fingerprint density at radius 1 is 1.36 bits per heavy atom. The normalized spacial score (nSPS) is 39.0. The fourth-order valence-electron chi connectivity index (χ4n) is 2.45. The molecule has 0 aromatic heterocycles. The van der Waals surface area contributed by atoms with E-state index in [1.54, 1.807) is 0 Å². The molecule has 4 heteroatoms. The van der Waals surface area contributed by atoms with Gasteiger partial charge in [0.15, 0.2) is 0 Å². The Morgan fingerprint density at radius 2 is 1.86 bits per heavy atom. The lowest BCUT2D eigenvalue weighted by Gasteiger charge is -2.44. The summed E-state index contributed by atoms with van der Waals surface area (Å²) >= 11 is 0. The molecule has 4 nitrogen and oxygen atoms in total. The largest absolute Gasteiger partial charge is 0.375 e. The van der Waals surface area contributed by atoms with Crippen LogP contribution in [0.3, 0.4) is 0 Å². The molecule has 0 aliphatic carbocycles. The molecular weight excluding hydrogens is 178 g/mol. The van der Waals surface area contributed by atoms with E-state index in [9.17, 15) is 0 Å². The number of nitrogens with two attached hydrogens (primary N) is 1. The van der Waals surface area contributed by atoms with E-state index >= 15 is 0 Å². The summed E-state index contributed by atoms with van der Waals surface area (Å²) in [6.45, 7) is 4.87. The van der Waals surface area contributed by atoms with Crippen LogP contribution in [0.5, 0.6) is 0 Å². The van der Waals surface area contributed by atoms with Gasteiger partial charge in [-0.15, -0.1) is 0 Å². The van der Waals surface area contributed by atoms with Gasteiger partial charge in [-0.1, -0.05) is 0 Å². The molecule has 3 N–H and O–H groups in total. The Balaban J connectivity index is 2.66. The minimum Gasteiger partial charge on any atom is -0.375 e. The first-order valence-electron chi connectivity index (χ1n) is 5.28. The molecule has 1 rings (SSSR count). The van der Waals surface area contributed by atoms with Crippen molar-refractivity contribution in [3.63, 3.8) is 0 Å². The Morgan fingerprint density at radius 3 is 2.21 bits per heavy atom. The van der Waals surface area contributed by atoms with E-state index < -0.39 is 0 Å². The van der Waals surface area contributed by atoms with Crippen molar-refractivity contribution in [2.45, 2.75) is 44.4 Å². The molecule has 14 heavy (non-hydrogen) atoms. The van der Waals surface area contributed by atoms with Crippen molar-refractivity contribution in [3.8, 4) is 0 Å². The zero-order valence-corrected chi connectivity index (χ0v) is 9.71. The highest BCUT2D eigenvalue weighted by Gasteiger charge is 2.37. The predicted octanol–water partition coefficient (Wildman–Crippen LogP) is 0.338. The van der Waals surface area contributed by atoms with Gasteiger partial charge in [-0.05, 0) is 26.7 Å². The Labute approximate surface area is 86.8 Å². The molecule has 2 unspecified atom stereocenters. The number of nitrogens with zero attached hydrogens (tertiary/aromatic N) is 1. The number of hydrazine groups is 1. The van der Waals surface area contributed by atoms with E-state index in [2.05, 4.69) is 19.3 Å². The number of rotatable bonds is 3. The van der Waals surface area contributed by atoms with Crippen molar-refractivity contribution in [1.82, 2.24) is 10.4 Å². The third-order valence-corrected chi connectivity index (χ3v) is 2.67. The van der Waals surface area contributed by atoms with Gasteiger partial charge in [0.05, 0.1) is 12.2 Å². The molecule has 1 fully saturated rings. The zero-order valence-electron chi connectivity index (χ0n) is 9.71. The summed E-state index contributed by atoms with van der Waals surface area (Å²) in [5.41, 5.74) is 9.31. The minimum atomic E-state index is 0.0145. The van der Waals surface area contributed by atoms with Crippen LogP contribution in [0.25, 0.3) is 0 Å². The van der Waals surface area contributed by atoms with Crippen molar-refractivity contribution in [2.75, 3.05) is 20.6 Å². The smallest absolute Gasteiger partial charge is 0.0569 e. The summed E-state index contributed by atoms with van der Waals surface area (Å²) in [4.78, 5) is 0. The Bertz CT molecular complexity index is 169. The maximum Gasteiger partial charge on any atom is 0.0569 e. The van der Waals surface area contributed by atoms with Crippen LogP contribution >= 0.6 is 0 Å². The molecule has 1 aliphatic rings. The summed E-state index contributed by atoms with van der Waals surface area (Å²) in [6.07, 6.45) is 2.53. The van der Waals surface area contributed by atoms with Crippen molar-refractivity contribution in [3.05, 3.63) is 0 Å². The van der Waals surface area contributed by atoms with E-state index in [-0.39, 0.29) is 17.7 Å². The molecule has 0 radical (unpaired) electrons. The first-order valence-corrected chi connectivity index (χ1v) is 5.28. The molecule has 2 atom stereocenters. The van der Waals surface area contributed by atoms with E-state index in [1.807, 2.05) is 19.1 Å². The van der Waals surface area contributed by atoms with Gasteiger partial charge in [-0.3, -0.25) is 5.01 Å². The quantitative estimate of drug-likeness (QED) is 0.646. The molecule has 0 amide bonds. The highest BCUT2D eigenvalue weighted by Crippen LogP contribution is 2.28. The number of hydrogen-bond acceptors (Lipinski definition) is 4. The molecule has 1 saturated heterocycles. The average molecular weight is 201 g/mol. The van der Waals surface area contributed by atoms with Crippen molar-refractivity contribution in [1.29, 1.82) is 0 Å². The molecule has 84 valence electrons.